The van der Waals surface area contributed by atoms with Crippen molar-refractivity contribution in [2.75, 3.05) is 6.54 Å². The van der Waals surface area contributed by atoms with Crippen molar-refractivity contribution in [1.82, 2.24) is 5.32 Å². The molecule has 0 aromatic heterocycles. The third-order valence-corrected chi connectivity index (χ3v) is 1.60. The molecule has 0 spiro atoms. The number of carbonyl (C=O) groups is 1. The van der Waals surface area contributed by atoms with Gasteiger partial charge in [-0.3, -0.25) is 4.79 Å². The number of hydrogen-bond acceptors (Lipinski definition) is 3. The van der Waals surface area contributed by atoms with Crippen molar-refractivity contribution in [1.29, 1.82) is 0 Å². The smallest absolute Gasteiger partial charge is 0.259 e. The van der Waals surface area contributed by atoms with Crippen molar-refractivity contribution in [2.24, 2.45) is 0 Å². The van der Waals surface area contributed by atoms with Crippen LogP contribution in [0.5, 0.6) is 11.5 Å². The van der Waals surface area contributed by atoms with Crippen LogP contribution < -0.4 is 5.32 Å². The van der Waals surface area contributed by atoms with Gasteiger partial charge in [0, 0.05) is 0 Å². The van der Waals surface area contributed by atoms with Crippen LogP contribution in [0.3, 0.4) is 0 Å². The van der Waals surface area contributed by atoms with Crippen LogP contribution in [-0.4, -0.2) is 22.7 Å². The Kier molecular flexibility index (Phi) is 2.97. The topological polar surface area (TPSA) is 69.6 Å². The van der Waals surface area contributed by atoms with Crippen LogP contribution in [0, 0.1) is 12.3 Å². The Balaban J connectivity index is 2.95. The summed E-state index contributed by atoms with van der Waals surface area (Å²) in [5.41, 5.74) is -0.164. The first-order valence-electron chi connectivity index (χ1n) is 3.89. The fraction of sp³-hybridized carbons (Fsp3) is 0.100. The molecule has 1 amide bonds. The summed E-state index contributed by atoms with van der Waals surface area (Å²) in [6.45, 7) is 0.0482. The SMILES string of the molecule is C#CCNC(=O)c1c(O)cccc1O. The van der Waals surface area contributed by atoms with E-state index in [0.717, 1.165) is 0 Å². The molecule has 0 heterocycles. The van der Waals surface area contributed by atoms with Gasteiger partial charge in [-0.05, 0) is 12.1 Å². The van der Waals surface area contributed by atoms with Gasteiger partial charge in [0.05, 0.1) is 6.54 Å². The first-order valence-corrected chi connectivity index (χ1v) is 3.89. The molecule has 4 heteroatoms. The van der Waals surface area contributed by atoms with Crippen molar-refractivity contribution in [3.63, 3.8) is 0 Å². The Morgan fingerprint density at radius 2 is 2.00 bits per heavy atom. The van der Waals surface area contributed by atoms with Crippen LogP contribution in [0.2, 0.25) is 0 Å². The lowest BCUT2D eigenvalue weighted by atomic mass is 10.1. The van der Waals surface area contributed by atoms with Gasteiger partial charge in [-0.1, -0.05) is 12.0 Å². The molecule has 0 fully saturated rings. The monoisotopic (exact) mass is 191 g/mol. The molecule has 1 rings (SSSR count). The first-order chi connectivity index (χ1) is 6.66. The standard InChI is InChI=1S/C10H9NO3/c1-2-6-11-10(14)9-7(12)4-3-5-8(9)13/h1,3-5,12-13H,6H2,(H,11,14). The Labute approximate surface area is 81.2 Å². The normalized spacial score (nSPS) is 9.07. The summed E-state index contributed by atoms with van der Waals surface area (Å²) < 4.78 is 0. The van der Waals surface area contributed by atoms with Crippen LogP contribution in [0.15, 0.2) is 18.2 Å². The largest absolute Gasteiger partial charge is 0.507 e. The molecule has 0 atom stereocenters. The molecular weight excluding hydrogens is 182 g/mol. The minimum Gasteiger partial charge on any atom is -0.507 e. The molecule has 0 bridgehead atoms. The number of amides is 1. The quantitative estimate of drug-likeness (QED) is 0.595. The number of rotatable bonds is 2. The van der Waals surface area contributed by atoms with Crippen LogP contribution in [0.25, 0.3) is 0 Å². The lowest BCUT2D eigenvalue weighted by Gasteiger charge is -2.05. The van der Waals surface area contributed by atoms with Gasteiger partial charge in [0.2, 0.25) is 0 Å². The van der Waals surface area contributed by atoms with Crippen LogP contribution in [0.4, 0.5) is 0 Å². The molecule has 0 aliphatic heterocycles. The predicted molar refractivity (Wildman–Crippen MR) is 50.9 cm³/mol. The summed E-state index contributed by atoms with van der Waals surface area (Å²) in [5, 5.41) is 20.9. The molecule has 0 radical (unpaired) electrons. The molecule has 1 aromatic carbocycles. The molecule has 14 heavy (non-hydrogen) atoms. The van der Waals surface area contributed by atoms with Crippen molar-refractivity contribution in [3.05, 3.63) is 23.8 Å². The highest BCUT2D eigenvalue weighted by molar-refractivity contribution is 5.99. The maximum atomic E-state index is 11.3. The van der Waals surface area contributed by atoms with E-state index < -0.39 is 5.91 Å². The van der Waals surface area contributed by atoms with Gasteiger partial charge in [0.25, 0.3) is 5.91 Å². The highest BCUT2D eigenvalue weighted by Gasteiger charge is 2.14. The van der Waals surface area contributed by atoms with Crippen molar-refractivity contribution >= 4 is 5.91 Å². The van der Waals surface area contributed by atoms with E-state index in [0.29, 0.717) is 0 Å². The number of nitrogens with one attached hydrogen (secondary N) is 1. The molecule has 1 aromatic rings. The van der Waals surface area contributed by atoms with E-state index in [1.54, 1.807) is 0 Å². The van der Waals surface area contributed by atoms with Crippen molar-refractivity contribution in [3.8, 4) is 23.8 Å². The predicted octanol–water partition coefficient (Wildman–Crippen LogP) is 0.461. The fourth-order valence-electron chi connectivity index (χ4n) is 0.981. The Morgan fingerprint density at radius 3 is 2.50 bits per heavy atom. The number of phenolic OH excluding ortho intramolecular Hbond substituents is 2. The lowest BCUT2D eigenvalue weighted by molar-refractivity contribution is 0.0953. The highest BCUT2D eigenvalue weighted by atomic mass is 16.3. The minimum absolute atomic E-state index is 0.0482. The molecule has 4 nitrogen and oxygen atoms in total. The van der Waals surface area contributed by atoms with Crippen LogP contribution in [-0.2, 0) is 0 Å². The van der Waals surface area contributed by atoms with Crippen molar-refractivity contribution < 1.29 is 15.0 Å². The minimum atomic E-state index is -0.599. The second-order valence-corrected chi connectivity index (χ2v) is 2.56. The van der Waals surface area contributed by atoms with Gasteiger partial charge in [0.15, 0.2) is 0 Å². The molecule has 3 N–H and O–H groups in total. The molecule has 0 saturated carbocycles. The van der Waals surface area contributed by atoms with E-state index in [1.165, 1.54) is 18.2 Å². The zero-order chi connectivity index (χ0) is 10.6. The second-order valence-electron chi connectivity index (χ2n) is 2.56. The third kappa shape index (κ3) is 1.96. The molecule has 0 saturated heterocycles. The summed E-state index contributed by atoms with van der Waals surface area (Å²) in [6, 6.07) is 4.05. The Hall–Kier alpha value is -2.15. The lowest BCUT2D eigenvalue weighted by Crippen LogP contribution is -2.23. The second kappa shape index (κ2) is 4.19. The molecule has 0 aliphatic rings. The molecule has 72 valence electrons. The molecule has 0 aliphatic carbocycles. The van der Waals surface area contributed by atoms with E-state index in [-0.39, 0.29) is 23.6 Å². The van der Waals surface area contributed by atoms with Gasteiger partial charge in [-0.2, -0.15) is 0 Å². The number of terminal acetylenes is 1. The third-order valence-electron chi connectivity index (χ3n) is 1.60. The highest BCUT2D eigenvalue weighted by Crippen LogP contribution is 2.25. The summed E-state index contributed by atoms with van der Waals surface area (Å²) in [4.78, 5) is 11.3. The Bertz CT molecular complexity index is 373. The maximum Gasteiger partial charge on any atom is 0.259 e. The fourth-order valence-corrected chi connectivity index (χ4v) is 0.981. The Morgan fingerprint density at radius 1 is 1.43 bits per heavy atom. The number of carbonyl (C=O) groups excluding carboxylic acids is 1. The summed E-state index contributed by atoms with van der Waals surface area (Å²) in [7, 11) is 0. The van der Waals surface area contributed by atoms with E-state index in [2.05, 4.69) is 11.2 Å². The number of benzene rings is 1. The van der Waals surface area contributed by atoms with Gasteiger partial charge >= 0.3 is 0 Å². The van der Waals surface area contributed by atoms with Gasteiger partial charge < -0.3 is 15.5 Å². The first kappa shape index (κ1) is 9.93. The number of phenols is 2. The van der Waals surface area contributed by atoms with Crippen molar-refractivity contribution in [2.45, 2.75) is 0 Å². The zero-order valence-electron chi connectivity index (χ0n) is 7.32. The van der Waals surface area contributed by atoms with Crippen LogP contribution in [0.1, 0.15) is 10.4 Å². The van der Waals surface area contributed by atoms with Gasteiger partial charge in [-0.25, -0.2) is 0 Å². The molecule has 0 unspecified atom stereocenters. The summed E-state index contributed by atoms with van der Waals surface area (Å²) in [5.74, 6) is 1.06. The van der Waals surface area contributed by atoms with E-state index in [9.17, 15) is 15.0 Å². The average molecular weight is 191 g/mol. The van der Waals surface area contributed by atoms with E-state index in [4.69, 9.17) is 6.42 Å². The maximum absolute atomic E-state index is 11.3. The number of hydrogen-bond donors (Lipinski definition) is 3. The summed E-state index contributed by atoms with van der Waals surface area (Å²) in [6.07, 6.45) is 4.94. The van der Waals surface area contributed by atoms with Gasteiger partial charge in [-0.15, -0.1) is 6.42 Å². The molecular formula is C10H9NO3. The number of aromatic hydroxyl groups is 2. The zero-order valence-corrected chi connectivity index (χ0v) is 7.32. The van der Waals surface area contributed by atoms with Gasteiger partial charge in [0.1, 0.15) is 17.1 Å². The summed E-state index contributed by atoms with van der Waals surface area (Å²) >= 11 is 0. The van der Waals surface area contributed by atoms with E-state index >= 15 is 0 Å². The average Bonchev–Trinajstić information content (AvgIpc) is 2.14. The van der Waals surface area contributed by atoms with Crippen LogP contribution >= 0.6 is 0 Å². The van der Waals surface area contributed by atoms with E-state index in [1.807, 2.05) is 0 Å².